The van der Waals surface area contributed by atoms with Gasteiger partial charge in [0.15, 0.2) is 0 Å². The number of ether oxygens (including phenoxy) is 1. The van der Waals surface area contributed by atoms with Gasteiger partial charge in [-0.3, -0.25) is 4.79 Å². The van der Waals surface area contributed by atoms with Crippen LogP contribution in [0, 0.1) is 17.7 Å². The lowest BCUT2D eigenvalue weighted by Crippen LogP contribution is -2.51. The third-order valence-electron chi connectivity index (χ3n) is 4.93. The van der Waals surface area contributed by atoms with Gasteiger partial charge in [-0.1, -0.05) is 19.1 Å². The van der Waals surface area contributed by atoms with Crippen molar-refractivity contribution in [3.8, 4) is 0 Å². The summed E-state index contributed by atoms with van der Waals surface area (Å²) in [6, 6.07) is 6.50. The lowest BCUT2D eigenvalue weighted by molar-refractivity contribution is -0.139. The topological polar surface area (TPSA) is 41.6 Å². The number of hydrogen-bond donors (Lipinski definition) is 1. The van der Waals surface area contributed by atoms with E-state index in [4.69, 9.17) is 4.74 Å². The molecular weight excluding hydrogens is 331 g/mol. The summed E-state index contributed by atoms with van der Waals surface area (Å²) >= 11 is 0. The van der Waals surface area contributed by atoms with E-state index in [1.807, 2.05) is 17.9 Å². The molecule has 134 valence electrons. The summed E-state index contributed by atoms with van der Waals surface area (Å²) in [4.78, 5) is 14.8. The molecule has 1 amide bonds. The monoisotopic (exact) mass is 356 g/mol. The Bertz CT molecular complexity index is 548. The fraction of sp³-hybridized carbons (Fsp3) is 0.611. The molecule has 2 aliphatic rings. The second kappa shape index (κ2) is 8.79. The van der Waals surface area contributed by atoms with Crippen LogP contribution in [0.4, 0.5) is 4.39 Å². The number of rotatable bonds is 6. The van der Waals surface area contributed by atoms with Gasteiger partial charge in [-0.2, -0.15) is 0 Å². The van der Waals surface area contributed by atoms with Gasteiger partial charge in [0.05, 0.1) is 6.10 Å². The molecule has 6 heteroatoms. The minimum atomic E-state index is -0.261. The summed E-state index contributed by atoms with van der Waals surface area (Å²) < 4.78 is 19.1. The van der Waals surface area contributed by atoms with Crippen LogP contribution >= 0.6 is 12.4 Å². The standard InChI is InChI=1S/C18H25FN2O2.ClH/c1-13(15-9-20-10-15)18(22)21(12-17-6-3-7-23-17)11-14-4-2-5-16(19)8-14;/h2,4-5,8,13,15,17,20H,3,6-7,9-12H2,1H3;1H. The second-order valence-electron chi connectivity index (χ2n) is 6.69. The molecule has 0 radical (unpaired) electrons. The summed E-state index contributed by atoms with van der Waals surface area (Å²) in [5.74, 6) is 0.285. The van der Waals surface area contributed by atoms with Gasteiger partial charge in [0, 0.05) is 25.6 Å². The van der Waals surface area contributed by atoms with Crippen molar-refractivity contribution in [2.24, 2.45) is 11.8 Å². The molecule has 2 fully saturated rings. The smallest absolute Gasteiger partial charge is 0.226 e. The summed E-state index contributed by atoms with van der Waals surface area (Å²) in [7, 11) is 0. The number of amides is 1. The molecule has 3 rings (SSSR count). The average Bonchev–Trinajstić information content (AvgIpc) is 2.97. The van der Waals surface area contributed by atoms with Crippen LogP contribution in [0.3, 0.4) is 0 Å². The minimum absolute atomic E-state index is 0. The van der Waals surface area contributed by atoms with Gasteiger partial charge in [0.2, 0.25) is 5.91 Å². The molecular formula is C18H26ClFN2O2. The van der Waals surface area contributed by atoms with E-state index >= 15 is 0 Å². The van der Waals surface area contributed by atoms with Crippen molar-refractivity contribution in [2.45, 2.75) is 32.4 Å². The molecule has 0 aromatic heterocycles. The van der Waals surface area contributed by atoms with Gasteiger partial charge in [-0.25, -0.2) is 4.39 Å². The average molecular weight is 357 g/mol. The summed E-state index contributed by atoms with van der Waals surface area (Å²) in [6.45, 7) is 5.62. The SMILES string of the molecule is CC(C(=O)N(Cc1cccc(F)c1)CC1CCCO1)C1CNC1.Cl. The zero-order valence-corrected chi connectivity index (χ0v) is 14.9. The number of halogens is 2. The second-order valence-corrected chi connectivity index (χ2v) is 6.69. The lowest BCUT2D eigenvalue weighted by Gasteiger charge is -2.36. The number of carbonyl (C=O) groups is 1. The number of nitrogens with one attached hydrogen (secondary N) is 1. The quantitative estimate of drug-likeness (QED) is 0.852. The van der Waals surface area contributed by atoms with Crippen LogP contribution in [0.15, 0.2) is 24.3 Å². The third-order valence-corrected chi connectivity index (χ3v) is 4.93. The fourth-order valence-corrected chi connectivity index (χ4v) is 3.28. The van der Waals surface area contributed by atoms with Crippen molar-refractivity contribution in [2.75, 3.05) is 26.2 Å². The lowest BCUT2D eigenvalue weighted by atomic mass is 9.87. The van der Waals surface area contributed by atoms with Gasteiger partial charge in [0.1, 0.15) is 5.82 Å². The molecule has 2 unspecified atom stereocenters. The molecule has 1 aromatic carbocycles. The highest BCUT2D eigenvalue weighted by Crippen LogP contribution is 2.22. The molecule has 2 aliphatic heterocycles. The van der Waals surface area contributed by atoms with Crippen molar-refractivity contribution in [3.63, 3.8) is 0 Å². The fourth-order valence-electron chi connectivity index (χ4n) is 3.28. The van der Waals surface area contributed by atoms with Crippen molar-refractivity contribution in [3.05, 3.63) is 35.6 Å². The Morgan fingerprint density at radius 2 is 2.25 bits per heavy atom. The zero-order chi connectivity index (χ0) is 16.2. The van der Waals surface area contributed by atoms with Gasteiger partial charge >= 0.3 is 0 Å². The van der Waals surface area contributed by atoms with E-state index in [1.54, 1.807) is 6.07 Å². The maximum atomic E-state index is 13.4. The number of hydrogen-bond acceptors (Lipinski definition) is 3. The Balaban J connectivity index is 0.00000208. The van der Waals surface area contributed by atoms with Crippen LogP contribution in [0.1, 0.15) is 25.3 Å². The van der Waals surface area contributed by atoms with E-state index in [1.165, 1.54) is 12.1 Å². The number of carbonyl (C=O) groups excluding carboxylic acids is 1. The predicted molar refractivity (Wildman–Crippen MR) is 93.6 cm³/mol. The predicted octanol–water partition coefficient (Wildman–Crippen LogP) is 2.61. The Kier molecular flexibility index (Phi) is 7.02. The molecule has 0 aliphatic carbocycles. The number of nitrogens with zero attached hydrogens (tertiary/aromatic N) is 1. The summed E-state index contributed by atoms with van der Waals surface area (Å²) in [5.41, 5.74) is 0.829. The Hall–Kier alpha value is -1.17. The van der Waals surface area contributed by atoms with E-state index < -0.39 is 0 Å². The normalized spacial score (nSPS) is 21.7. The van der Waals surface area contributed by atoms with Gasteiger partial charge in [-0.05, 0) is 49.5 Å². The molecule has 0 saturated carbocycles. The van der Waals surface area contributed by atoms with Crippen LogP contribution < -0.4 is 5.32 Å². The summed E-state index contributed by atoms with van der Waals surface area (Å²) in [6.07, 6.45) is 2.15. The van der Waals surface area contributed by atoms with E-state index in [2.05, 4.69) is 5.32 Å². The third kappa shape index (κ3) is 4.68. The molecule has 2 heterocycles. The van der Waals surface area contributed by atoms with Crippen LogP contribution in [0.2, 0.25) is 0 Å². The van der Waals surface area contributed by atoms with Gasteiger partial charge in [-0.15, -0.1) is 12.4 Å². The molecule has 1 N–H and O–H groups in total. The first-order chi connectivity index (χ1) is 11.1. The molecule has 1 aromatic rings. The summed E-state index contributed by atoms with van der Waals surface area (Å²) in [5, 5.41) is 3.22. The van der Waals surface area contributed by atoms with Gasteiger partial charge in [0.25, 0.3) is 0 Å². The Morgan fingerprint density at radius 3 is 2.83 bits per heavy atom. The number of benzene rings is 1. The van der Waals surface area contributed by atoms with E-state index in [0.29, 0.717) is 19.0 Å². The Morgan fingerprint density at radius 1 is 1.46 bits per heavy atom. The first-order valence-corrected chi connectivity index (χ1v) is 8.49. The van der Waals surface area contributed by atoms with Crippen molar-refractivity contribution in [1.82, 2.24) is 10.2 Å². The van der Waals surface area contributed by atoms with Crippen LogP contribution in [-0.4, -0.2) is 43.2 Å². The van der Waals surface area contributed by atoms with E-state index in [-0.39, 0.29) is 36.2 Å². The molecule has 2 saturated heterocycles. The van der Waals surface area contributed by atoms with Crippen molar-refractivity contribution in [1.29, 1.82) is 0 Å². The van der Waals surface area contributed by atoms with Crippen LogP contribution in [0.25, 0.3) is 0 Å². The maximum absolute atomic E-state index is 13.4. The molecule has 4 nitrogen and oxygen atoms in total. The first kappa shape index (κ1) is 19.2. The zero-order valence-electron chi connectivity index (χ0n) is 14.0. The van der Waals surface area contributed by atoms with Crippen molar-refractivity contribution >= 4 is 18.3 Å². The molecule has 0 spiro atoms. The minimum Gasteiger partial charge on any atom is -0.376 e. The molecule has 0 bridgehead atoms. The largest absolute Gasteiger partial charge is 0.376 e. The molecule has 24 heavy (non-hydrogen) atoms. The van der Waals surface area contributed by atoms with Crippen LogP contribution in [0.5, 0.6) is 0 Å². The Labute approximate surface area is 149 Å². The van der Waals surface area contributed by atoms with E-state index in [9.17, 15) is 9.18 Å². The van der Waals surface area contributed by atoms with E-state index in [0.717, 1.165) is 38.1 Å². The first-order valence-electron chi connectivity index (χ1n) is 8.49. The molecule has 2 atom stereocenters. The highest BCUT2D eigenvalue weighted by Gasteiger charge is 2.33. The van der Waals surface area contributed by atoms with Gasteiger partial charge < -0.3 is 15.0 Å². The van der Waals surface area contributed by atoms with Crippen LogP contribution in [-0.2, 0) is 16.1 Å². The highest BCUT2D eigenvalue weighted by molar-refractivity contribution is 5.85. The highest BCUT2D eigenvalue weighted by atomic mass is 35.5. The van der Waals surface area contributed by atoms with Crippen molar-refractivity contribution < 1.29 is 13.9 Å². The maximum Gasteiger partial charge on any atom is 0.226 e.